The van der Waals surface area contributed by atoms with Crippen LogP contribution in [0.3, 0.4) is 0 Å². The van der Waals surface area contributed by atoms with Crippen LogP contribution < -0.4 is 4.90 Å². The molecule has 1 amide bonds. The zero-order chi connectivity index (χ0) is 12.4. The van der Waals surface area contributed by atoms with Gasteiger partial charge in [-0.1, -0.05) is 6.07 Å². The SMILES string of the molecule is C[C@H]1S[C@@H](c2cccs2)N(CC[NH+](C)C)C1=O. The third kappa shape index (κ3) is 2.84. The molecule has 0 bridgehead atoms. The molecule has 2 rings (SSSR count). The van der Waals surface area contributed by atoms with Gasteiger partial charge in [-0.2, -0.15) is 0 Å². The molecule has 1 aromatic heterocycles. The fourth-order valence-corrected chi connectivity index (χ4v) is 4.15. The van der Waals surface area contributed by atoms with Gasteiger partial charge >= 0.3 is 0 Å². The first kappa shape index (κ1) is 12.9. The van der Waals surface area contributed by atoms with Crippen LogP contribution >= 0.6 is 23.1 Å². The van der Waals surface area contributed by atoms with E-state index in [1.54, 1.807) is 23.1 Å². The Balaban J connectivity index is 2.11. The molecule has 17 heavy (non-hydrogen) atoms. The van der Waals surface area contributed by atoms with Crippen molar-refractivity contribution in [3.05, 3.63) is 22.4 Å². The molecule has 2 atom stereocenters. The molecule has 0 aromatic carbocycles. The molecule has 0 radical (unpaired) electrons. The molecule has 1 saturated heterocycles. The highest BCUT2D eigenvalue weighted by molar-refractivity contribution is 8.01. The van der Waals surface area contributed by atoms with Crippen molar-refractivity contribution in [2.45, 2.75) is 17.5 Å². The van der Waals surface area contributed by atoms with E-state index in [1.807, 2.05) is 11.8 Å². The Labute approximate surface area is 111 Å². The number of rotatable bonds is 4. The van der Waals surface area contributed by atoms with Crippen molar-refractivity contribution in [2.24, 2.45) is 0 Å². The van der Waals surface area contributed by atoms with E-state index in [9.17, 15) is 4.79 Å². The molecule has 1 aliphatic rings. The zero-order valence-corrected chi connectivity index (χ0v) is 12.1. The first-order chi connectivity index (χ1) is 8.09. The number of likely N-dealkylation sites (N-methyl/N-ethyl adjacent to an activating group) is 1. The van der Waals surface area contributed by atoms with Crippen molar-refractivity contribution in [1.29, 1.82) is 0 Å². The molecule has 0 saturated carbocycles. The van der Waals surface area contributed by atoms with Gasteiger partial charge in [0.25, 0.3) is 0 Å². The number of hydrogen-bond donors (Lipinski definition) is 1. The molecule has 0 spiro atoms. The summed E-state index contributed by atoms with van der Waals surface area (Å²) in [7, 11) is 4.24. The lowest BCUT2D eigenvalue weighted by molar-refractivity contribution is -0.857. The van der Waals surface area contributed by atoms with Gasteiger partial charge in [0.2, 0.25) is 5.91 Å². The van der Waals surface area contributed by atoms with E-state index < -0.39 is 0 Å². The van der Waals surface area contributed by atoms with Crippen LogP contribution in [-0.2, 0) is 4.79 Å². The molecular weight excluding hydrogens is 252 g/mol. The maximum Gasteiger partial charge on any atom is 0.236 e. The highest BCUT2D eigenvalue weighted by atomic mass is 32.2. The fourth-order valence-electron chi connectivity index (χ4n) is 1.90. The lowest BCUT2D eigenvalue weighted by Crippen LogP contribution is -3.06. The molecule has 5 heteroatoms. The molecule has 1 N–H and O–H groups in total. The smallest absolute Gasteiger partial charge is 0.236 e. The predicted molar refractivity (Wildman–Crippen MR) is 73.5 cm³/mol. The Morgan fingerprint density at radius 1 is 1.47 bits per heavy atom. The number of nitrogens with zero attached hydrogens (tertiary/aromatic N) is 1. The Morgan fingerprint density at radius 2 is 2.24 bits per heavy atom. The highest BCUT2D eigenvalue weighted by Crippen LogP contribution is 2.43. The summed E-state index contributed by atoms with van der Waals surface area (Å²) in [5.74, 6) is 0.287. The van der Waals surface area contributed by atoms with Gasteiger partial charge in [0.1, 0.15) is 5.37 Å². The number of amides is 1. The summed E-state index contributed by atoms with van der Waals surface area (Å²) in [4.78, 5) is 16.8. The van der Waals surface area contributed by atoms with E-state index >= 15 is 0 Å². The minimum absolute atomic E-state index is 0.0965. The summed E-state index contributed by atoms with van der Waals surface area (Å²) >= 11 is 3.51. The second-order valence-electron chi connectivity index (χ2n) is 4.63. The molecule has 3 nitrogen and oxygen atoms in total. The van der Waals surface area contributed by atoms with Gasteiger partial charge in [0, 0.05) is 4.88 Å². The average molecular weight is 271 g/mol. The van der Waals surface area contributed by atoms with Gasteiger partial charge < -0.3 is 9.80 Å². The molecule has 0 aliphatic carbocycles. The van der Waals surface area contributed by atoms with E-state index in [0.717, 1.165) is 13.1 Å². The van der Waals surface area contributed by atoms with Gasteiger partial charge in [0.15, 0.2) is 0 Å². The third-order valence-corrected chi connectivity index (χ3v) is 5.34. The normalized spacial score (nSPS) is 24.9. The topological polar surface area (TPSA) is 24.8 Å². The Morgan fingerprint density at radius 3 is 2.82 bits per heavy atom. The van der Waals surface area contributed by atoms with Crippen molar-refractivity contribution in [3.8, 4) is 0 Å². The largest absolute Gasteiger partial charge is 0.338 e. The average Bonchev–Trinajstić information content (AvgIpc) is 2.87. The van der Waals surface area contributed by atoms with Crippen molar-refractivity contribution < 1.29 is 9.69 Å². The second-order valence-corrected chi connectivity index (χ2v) is 7.04. The van der Waals surface area contributed by atoms with Gasteiger partial charge in [0.05, 0.1) is 32.4 Å². The first-order valence-corrected chi connectivity index (χ1v) is 7.70. The van der Waals surface area contributed by atoms with Gasteiger partial charge in [-0.15, -0.1) is 23.1 Å². The van der Waals surface area contributed by atoms with Crippen molar-refractivity contribution in [1.82, 2.24) is 4.90 Å². The summed E-state index contributed by atoms with van der Waals surface area (Å²) in [6.07, 6.45) is 0. The van der Waals surface area contributed by atoms with Crippen LogP contribution in [-0.4, -0.2) is 43.2 Å². The van der Waals surface area contributed by atoms with Crippen LogP contribution in [0.5, 0.6) is 0 Å². The maximum atomic E-state index is 12.1. The molecular formula is C12H19N2OS2+. The van der Waals surface area contributed by atoms with Crippen molar-refractivity contribution in [2.75, 3.05) is 27.2 Å². The summed E-state index contributed by atoms with van der Waals surface area (Å²) in [6.45, 7) is 3.86. The molecule has 1 aliphatic heterocycles. The monoisotopic (exact) mass is 271 g/mol. The summed E-state index contributed by atoms with van der Waals surface area (Å²) in [5, 5.41) is 2.41. The molecule has 0 unspecified atom stereocenters. The van der Waals surface area contributed by atoms with Crippen LogP contribution in [0.2, 0.25) is 0 Å². The van der Waals surface area contributed by atoms with Crippen LogP contribution in [0.4, 0.5) is 0 Å². The van der Waals surface area contributed by atoms with E-state index in [2.05, 4.69) is 31.6 Å². The summed E-state index contributed by atoms with van der Waals surface area (Å²) in [5.41, 5.74) is 0. The van der Waals surface area contributed by atoms with E-state index in [0.29, 0.717) is 0 Å². The number of carbonyl (C=O) groups is 1. The highest BCUT2D eigenvalue weighted by Gasteiger charge is 2.38. The Bertz CT molecular complexity index is 378. The second kappa shape index (κ2) is 5.42. The lowest BCUT2D eigenvalue weighted by atomic mass is 10.3. The summed E-state index contributed by atoms with van der Waals surface area (Å²) in [6, 6.07) is 4.19. The predicted octanol–water partition coefficient (Wildman–Crippen LogP) is 0.855. The number of nitrogens with one attached hydrogen (secondary N) is 1. The molecule has 1 aromatic rings. The van der Waals surface area contributed by atoms with Crippen molar-refractivity contribution >= 4 is 29.0 Å². The van der Waals surface area contributed by atoms with Gasteiger partial charge in [-0.05, 0) is 18.4 Å². The fraction of sp³-hybridized carbons (Fsp3) is 0.583. The van der Waals surface area contributed by atoms with E-state index in [1.165, 1.54) is 9.78 Å². The minimum Gasteiger partial charge on any atom is -0.338 e. The number of quaternary nitrogens is 1. The molecule has 1 fully saturated rings. The molecule has 94 valence electrons. The lowest BCUT2D eigenvalue weighted by Gasteiger charge is -2.23. The summed E-state index contributed by atoms with van der Waals surface area (Å²) < 4.78 is 0. The standard InChI is InChI=1S/C12H18N2OS2/c1-9-11(15)14(7-6-13(2)3)12(17-9)10-5-4-8-16-10/h4-5,8-9,12H,6-7H2,1-3H3/p+1/t9-,12+/m1/s1. The number of hydrogen-bond acceptors (Lipinski definition) is 3. The number of carbonyl (C=O) groups excluding carboxylic acids is 1. The Kier molecular flexibility index (Phi) is 4.12. The van der Waals surface area contributed by atoms with Crippen LogP contribution in [0, 0.1) is 0 Å². The Hall–Kier alpha value is -0.520. The van der Waals surface area contributed by atoms with Gasteiger partial charge in [-0.25, -0.2) is 0 Å². The van der Waals surface area contributed by atoms with Gasteiger partial charge in [-0.3, -0.25) is 4.79 Å². The maximum absolute atomic E-state index is 12.1. The van der Waals surface area contributed by atoms with Crippen LogP contribution in [0.15, 0.2) is 17.5 Å². The quantitative estimate of drug-likeness (QED) is 0.878. The third-order valence-electron chi connectivity index (χ3n) is 2.89. The van der Waals surface area contributed by atoms with E-state index in [-0.39, 0.29) is 16.5 Å². The van der Waals surface area contributed by atoms with Crippen molar-refractivity contribution in [3.63, 3.8) is 0 Å². The van der Waals surface area contributed by atoms with Crippen LogP contribution in [0.1, 0.15) is 17.2 Å². The van der Waals surface area contributed by atoms with E-state index in [4.69, 9.17) is 0 Å². The number of thiophene rings is 1. The molecule has 2 heterocycles. The number of thioether (sulfide) groups is 1. The van der Waals surface area contributed by atoms with Crippen LogP contribution in [0.25, 0.3) is 0 Å². The minimum atomic E-state index is 0.0965. The zero-order valence-electron chi connectivity index (χ0n) is 10.5. The first-order valence-electron chi connectivity index (χ1n) is 5.88.